The lowest BCUT2D eigenvalue weighted by molar-refractivity contribution is 0.148. The van der Waals surface area contributed by atoms with Crippen LogP contribution in [-0.4, -0.2) is 5.54 Å². The smallest absolute Gasteiger partial charge is 0.0548 e. The lowest BCUT2D eigenvalue weighted by Crippen LogP contribution is -2.54. The number of anilines is 5. The van der Waals surface area contributed by atoms with E-state index in [0.29, 0.717) is 18.4 Å². The number of hydrogen-bond donors (Lipinski definition) is 1. The molecule has 2 unspecified atom stereocenters. The van der Waals surface area contributed by atoms with Crippen molar-refractivity contribution in [1.82, 2.24) is 0 Å². The molecule has 3 nitrogen and oxygen atoms in total. The van der Waals surface area contributed by atoms with Gasteiger partial charge in [-0.25, -0.2) is 0 Å². The van der Waals surface area contributed by atoms with Crippen molar-refractivity contribution in [2.45, 2.75) is 88.6 Å². The van der Waals surface area contributed by atoms with Gasteiger partial charge in [0.05, 0.1) is 5.54 Å². The molecule has 2 saturated carbocycles. The molecule has 8 rings (SSSR count). The molecular formula is C45H49N3. The van der Waals surface area contributed by atoms with Crippen LogP contribution in [0.1, 0.15) is 87.7 Å². The molecule has 0 amide bonds. The minimum absolute atomic E-state index is 0.116. The van der Waals surface area contributed by atoms with Crippen molar-refractivity contribution < 1.29 is 0 Å². The number of rotatable bonds is 7. The highest BCUT2D eigenvalue weighted by Crippen LogP contribution is 2.62. The van der Waals surface area contributed by atoms with Crippen LogP contribution >= 0.6 is 0 Å². The number of benzene rings is 5. The molecule has 0 saturated heterocycles. The van der Waals surface area contributed by atoms with Gasteiger partial charge in [0.1, 0.15) is 0 Å². The fourth-order valence-corrected chi connectivity index (χ4v) is 9.51. The Morgan fingerprint density at radius 2 is 1.17 bits per heavy atom. The van der Waals surface area contributed by atoms with E-state index in [1.165, 1.54) is 116 Å². The van der Waals surface area contributed by atoms with Gasteiger partial charge in [-0.1, -0.05) is 118 Å². The topological polar surface area (TPSA) is 32.5 Å². The van der Waals surface area contributed by atoms with Crippen LogP contribution in [0.25, 0.3) is 11.1 Å². The molecule has 0 radical (unpaired) electrons. The second-order valence-corrected chi connectivity index (χ2v) is 14.4. The quantitative estimate of drug-likeness (QED) is 0.194. The molecule has 3 heteroatoms. The zero-order valence-electron chi connectivity index (χ0n) is 28.2. The molecule has 0 aromatic heterocycles. The van der Waals surface area contributed by atoms with E-state index in [4.69, 9.17) is 5.73 Å². The SMILES string of the molecule is NCc1ccc(-c2ccc(N3c4ccc(N(c5ccccc5)c5ccccc5)cc4C4CCCCC43C3CCCCCCC3)cc2)cc1. The first-order valence-corrected chi connectivity index (χ1v) is 18.5. The standard InChI is InChI=1S/C45H49N3/c46-33-34-21-23-35(24-22-34)36-25-27-40(28-26-36)48-44-30-29-41(47(38-16-8-4-9-17-38)39-18-10-5-11-19-39)32-42(44)43-20-12-13-31-45(43,48)37-14-6-2-1-3-7-15-37/h4-5,8-11,16-19,21-30,32,37,43H,1-3,6-7,12-15,20,31,33,46H2. The first kappa shape index (κ1) is 31.0. The molecule has 1 aliphatic heterocycles. The van der Waals surface area contributed by atoms with Crippen LogP contribution in [-0.2, 0) is 6.54 Å². The van der Waals surface area contributed by atoms with Crippen molar-refractivity contribution in [2.24, 2.45) is 11.7 Å². The fourth-order valence-electron chi connectivity index (χ4n) is 9.51. The van der Waals surface area contributed by atoms with Crippen LogP contribution in [0, 0.1) is 5.92 Å². The summed E-state index contributed by atoms with van der Waals surface area (Å²) in [5, 5.41) is 0. The molecule has 3 aliphatic rings. The summed E-state index contributed by atoms with van der Waals surface area (Å²) in [6.45, 7) is 0.578. The third-order valence-electron chi connectivity index (χ3n) is 11.7. The van der Waals surface area contributed by atoms with Crippen molar-refractivity contribution in [3.8, 4) is 11.1 Å². The minimum atomic E-state index is 0.116. The highest BCUT2D eigenvalue weighted by atomic mass is 15.3. The highest BCUT2D eigenvalue weighted by molar-refractivity contribution is 5.83. The Balaban J connectivity index is 1.26. The maximum Gasteiger partial charge on any atom is 0.0548 e. The summed E-state index contributed by atoms with van der Waals surface area (Å²) in [7, 11) is 0. The number of para-hydroxylation sites is 2. The Labute approximate surface area is 287 Å². The Bertz CT molecular complexity index is 1750. The third-order valence-corrected chi connectivity index (χ3v) is 11.7. The van der Waals surface area contributed by atoms with Gasteiger partial charge in [0.2, 0.25) is 0 Å². The van der Waals surface area contributed by atoms with Crippen LogP contribution in [0.5, 0.6) is 0 Å². The van der Waals surface area contributed by atoms with E-state index in [-0.39, 0.29) is 5.54 Å². The Kier molecular flexibility index (Phi) is 8.80. The van der Waals surface area contributed by atoms with Gasteiger partial charge < -0.3 is 15.5 Å². The summed E-state index contributed by atoms with van der Waals surface area (Å²) in [6, 6.07) is 47.4. The zero-order valence-corrected chi connectivity index (χ0v) is 28.2. The monoisotopic (exact) mass is 631 g/mol. The van der Waals surface area contributed by atoms with Crippen LogP contribution in [0.4, 0.5) is 28.4 Å². The van der Waals surface area contributed by atoms with E-state index in [2.05, 4.69) is 137 Å². The second kappa shape index (κ2) is 13.6. The van der Waals surface area contributed by atoms with Gasteiger partial charge in [-0.05, 0) is 108 Å². The van der Waals surface area contributed by atoms with E-state index in [0.717, 1.165) is 0 Å². The van der Waals surface area contributed by atoms with Crippen molar-refractivity contribution in [1.29, 1.82) is 0 Å². The highest BCUT2D eigenvalue weighted by Gasteiger charge is 2.56. The van der Waals surface area contributed by atoms with Crippen molar-refractivity contribution >= 4 is 28.4 Å². The Morgan fingerprint density at radius 3 is 1.79 bits per heavy atom. The van der Waals surface area contributed by atoms with E-state index >= 15 is 0 Å². The summed E-state index contributed by atoms with van der Waals surface area (Å²) in [4.78, 5) is 5.30. The Hall–Kier alpha value is -4.34. The Morgan fingerprint density at radius 1 is 0.583 bits per heavy atom. The van der Waals surface area contributed by atoms with E-state index in [9.17, 15) is 0 Å². The van der Waals surface area contributed by atoms with Crippen LogP contribution in [0.2, 0.25) is 0 Å². The van der Waals surface area contributed by atoms with Gasteiger partial charge in [0.25, 0.3) is 0 Å². The largest absolute Gasteiger partial charge is 0.334 e. The summed E-state index contributed by atoms with van der Waals surface area (Å²) in [5.74, 6) is 1.23. The maximum atomic E-state index is 5.89. The average Bonchev–Trinajstić information content (AvgIpc) is 3.43. The molecule has 244 valence electrons. The summed E-state index contributed by atoms with van der Waals surface area (Å²) in [6.07, 6.45) is 14.8. The summed E-state index contributed by atoms with van der Waals surface area (Å²) >= 11 is 0. The molecule has 2 N–H and O–H groups in total. The van der Waals surface area contributed by atoms with Crippen molar-refractivity contribution in [2.75, 3.05) is 9.80 Å². The van der Waals surface area contributed by atoms with Crippen molar-refractivity contribution in [3.05, 3.63) is 139 Å². The van der Waals surface area contributed by atoms with Gasteiger partial charge >= 0.3 is 0 Å². The summed E-state index contributed by atoms with van der Waals surface area (Å²) < 4.78 is 0. The first-order valence-electron chi connectivity index (χ1n) is 18.5. The van der Waals surface area contributed by atoms with Gasteiger partial charge in [-0.15, -0.1) is 0 Å². The molecule has 5 aromatic rings. The van der Waals surface area contributed by atoms with Crippen LogP contribution < -0.4 is 15.5 Å². The van der Waals surface area contributed by atoms with E-state index in [1.807, 2.05) is 0 Å². The molecule has 0 spiro atoms. The molecule has 5 aromatic carbocycles. The molecule has 2 aliphatic carbocycles. The number of nitrogens with two attached hydrogens (primary N) is 1. The second-order valence-electron chi connectivity index (χ2n) is 14.4. The van der Waals surface area contributed by atoms with Gasteiger partial charge in [0.15, 0.2) is 0 Å². The lowest BCUT2D eigenvalue weighted by Gasteiger charge is -2.52. The predicted molar refractivity (Wildman–Crippen MR) is 203 cm³/mol. The number of hydrogen-bond acceptors (Lipinski definition) is 3. The average molecular weight is 632 g/mol. The normalized spacial score (nSPS) is 21.2. The molecular weight excluding hydrogens is 583 g/mol. The van der Waals surface area contributed by atoms with Crippen LogP contribution in [0.3, 0.4) is 0 Å². The molecule has 48 heavy (non-hydrogen) atoms. The van der Waals surface area contributed by atoms with E-state index < -0.39 is 0 Å². The zero-order chi connectivity index (χ0) is 32.3. The lowest BCUT2D eigenvalue weighted by atomic mass is 9.62. The first-order chi connectivity index (χ1) is 23.8. The minimum Gasteiger partial charge on any atom is -0.334 e. The van der Waals surface area contributed by atoms with E-state index in [1.54, 1.807) is 5.56 Å². The molecule has 2 atom stereocenters. The number of fused-ring (bicyclic) bond motifs is 3. The third kappa shape index (κ3) is 5.62. The van der Waals surface area contributed by atoms with Gasteiger partial charge in [-0.2, -0.15) is 0 Å². The van der Waals surface area contributed by atoms with Crippen molar-refractivity contribution in [3.63, 3.8) is 0 Å². The maximum absolute atomic E-state index is 5.89. The number of nitrogens with zero attached hydrogens (tertiary/aromatic N) is 2. The fraction of sp³-hybridized carbons (Fsp3) is 0.333. The van der Waals surface area contributed by atoms with Crippen LogP contribution in [0.15, 0.2) is 127 Å². The molecule has 0 bridgehead atoms. The van der Waals surface area contributed by atoms with Gasteiger partial charge in [0, 0.05) is 40.9 Å². The van der Waals surface area contributed by atoms with Gasteiger partial charge in [-0.3, -0.25) is 0 Å². The summed E-state index contributed by atoms with van der Waals surface area (Å²) in [5.41, 5.74) is 17.7. The molecule has 1 heterocycles. The predicted octanol–water partition coefficient (Wildman–Crippen LogP) is 12.2. The molecule has 2 fully saturated rings.